The fourth-order valence-electron chi connectivity index (χ4n) is 0.536. The molecule has 0 aliphatic heterocycles. The van der Waals surface area contributed by atoms with Crippen molar-refractivity contribution >= 4 is 5.97 Å². The second-order valence-corrected chi connectivity index (χ2v) is 3.16. The van der Waals surface area contributed by atoms with Gasteiger partial charge < -0.3 is 4.74 Å². The number of nitro groups is 1. The number of hydrogen-bond acceptors (Lipinski definition) is 4. The van der Waals surface area contributed by atoms with Gasteiger partial charge in [0.05, 0.1) is 13.0 Å². The lowest BCUT2D eigenvalue weighted by Crippen LogP contribution is -2.32. The largest absolute Gasteiger partial charge is 0.466 e. The molecule has 0 atom stereocenters. The molecule has 0 amide bonds. The Balaban J connectivity index is 3.76. The molecule has 0 aromatic carbocycles. The molecule has 0 aliphatic carbocycles. The Bertz CT molecular complexity index is 188. The molecule has 5 heteroatoms. The van der Waals surface area contributed by atoms with Gasteiger partial charge in [0, 0.05) is 25.7 Å². The summed E-state index contributed by atoms with van der Waals surface area (Å²) in [5.41, 5.74) is -1.02. The summed E-state index contributed by atoms with van der Waals surface area (Å²) in [5, 5.41) is 10.4. The zero-order valence-electron chi connectivity index (χ0n) is 7.49. The molecule has 12 heavy (non-hydrogen) atoms. The molecule has 0 bridgehead atoms. The smallest absolute Gasteiger partial charge is 0.302 e. The molecule has 0 fully saturated rings. The number of rotatable bonds is 4. The Morgan fingerprint density at radius 2 is 2.08 bits per heavy atom. The first kappa shape index (κ1) is 10.9. The van der Waals surface area contributed by atoms with Gasteiger partial charge in [-0.25, -0.2) is 0 Å². The van der Waals surface area contributed by atoms with E-state index in [1.54, 1.807) is 0 Å². The molecule has 70 valence electrons. The quantitative estimate of drug-likeness (QED) is 0.363. The van der Waals surface area contributed by atoms with Gasteiger partial charge in [-0.15, -0.1) is 0 Å². The third-order valence-corrected chi connectivity index (χ3v) is 1.51. The van der Waals surface area contributed by atoms with Crippen molar-refractivity contribution in [3.63, 3.8) is 0 Å². The number of esters is 1. The van der Waals surface area contributed by atoms with Crippen LogP contribution in [0.5, 0.6) is 0 Å². The maximum Gasteiger partial charge on any atom is 0.302 e. The van der Waals surface area contributed by atoms with Crippen LogP contribution in [0.2, 0.25) is 0 Å². The summed E-state index contributed by atoms with van der Waals surface area (Å²) < 4.78 is 4.58. The second kappa shape index (κ2) is 4.04. The van der Waals surface area contributed by atoms with Crippen LogP contribution < -0.4 is 0 Å². The topological polar surface area (TPSA) is 69.4 Å². The minimum Gasteiger partial charge on any atom is -0.466 e. The van der Waals surface area contributed by atoms with E-state index in [0.717, 1.165) is 0 Å². The summed E-state index contributed by atoms with van der Waals surface area (Å²) in [6.07, 6.45) is 0.236. The summed E-state index contributed by atoms with van der Waals surface area (Å²) in [4.78, 5) is 20.3. The zero-order chi connectivity index (χ0) is 9.78. The van der Waals surface area contributed by atoms with E-state index in [9.17, 15) is 14.9 Å². The maximum absolute atomic E-state index is 10.4. The number of nitrogens with zero attached hydrogens (tertiary/aromatic N) is 1. The Hall–Kier alpha value is -1.13. The third-order valence-electron chi connectivity index (χ3n) is 1.51. The monoisotopic (exact) mass is 175 g/mol. The molecule has 0 spiro atoms. The summed E-state index contributed by atoms with van der Waals surface area (Å²) in [6, 6.07) is 0. The van der Waals surface area contributed by atoms with E-state index in [1.807, 2.05) is 0 Å². The molecule has 0 N–H and O–H groups in total. The number of ether oxygens (including phenoxy) is 1. The van der Waals surface area contributed by atoms with Crippen LogP contribution in [-0.4, -0.2) is 23.0 Å². The first-order valence-electron chi connectivity index (χ1n) is 3.64. The van der Waals surface area contributed by atoms with Gasteiger partial charge in [-0.3, -0.25) is 14.9 Å². The first-order valence-corrected chi connectivity index (χ1v) is 3.64. The normalized spacial score (nSPS) is 10.9. The Morgan fingerprint density at radius 3 is 2.42 bits per heavy atom. The average molecular weight is 175 g/mol. The molecule has 0 heterocycles. The number of hydrogen-bond donors (Lipinski definition) is 0. The Kier molecular flexibility index (Phi) is 3.66. The van der Waals surface area contributed by atoms with E-state index in [4.69, 9.17) is 0 Å². The average Bonchev–Trinajstić information content (AvgIpc) is 1.85. The van der Waals surface area contributed by atoms with Crippen LogP contribution in [0.4, 0.5) is 0 Å². The van der Waals surface area contributed by atoms with Gasteiger partial charge in [-0.2, -0.15) is 0 Å². The summed E-state index contributed by atoms with van der Waals surface area (Å²) >= 11 is 0. The highest BCUT2D eigenvalue weighted by molar-refractivity contribution is 5.65. The summed E-state index contributed by atoms with van der Waals surface area (Å²) in [5.74, 6) is -0.408. The SMILES string of the molecule is CC(=O)OCCC(C)(C)[N+](=O)[O-]. The number of carbonyl (C=O) groups is 1. The predicted molar refractivity (Wildman–Crippen MR) is 42.3 cm³/mol. The van der Waals surface area contributed by atoms with Crippen LogP contribution in [-0.2, 0) is 9.53 Å². The van der Waals surface area contributed by atoms with Crippen LogP contribution in [0.25, 0.3) is 0 Å². The minimum absolute atomic E-state index is 0.101. The Morgan fingerprint density at radius 1 is 1.58 bits per heavy atom. The van der Waals surface area contributed by atoms with Crippen molar-refractivity contribution in [2.75, 3.05) is 6.61 Å². The van der Waals surface area contributed by atoms with Gasteiger partial charge in [-0.05, 0) is 0 Å². The molecule has 0 rings (SSSR count). The molecule has 0 unspecified atom stereocenters. The maximum atomic E-state index is 10.4. The molecule has 5 nitrogen and oxygen atoms in total. The van der Waals surface area contributed by atoms with Crippen molar-refractivity contribution in [2.24, 2.45) is 0 Å². The van der Waals surface area contributed by atoms with E-state index in [0.29, 0.717) is 0 Å². The van der Waals surface area contributed by atoms with Gasteiger partial charge in [-0.1, -0.05) is 0 Å². The first-order chi connectivity index (χ1) is 5.36. The predicted octanol–water partition coefficient (Wildman–Crippen LogP) is 0.995. The molecule has 0 saturated carbocycles. The lowest BCUT2D eigenvalue weighted by atomic mass is 10.0. The highest BCUT2D eigenvalue weighted by Gasteiger charge is 2.30. The van der Waals surface area contributed by atoms with E-state index < -0.39 is 11.5 Å². The van der Waals surface area contributed by atoms with Crippen molar-refractivity contribution < 1.29 is 14.5 Å². The molecule has 0 aromatic heterocycles. The van der Waals surface area contributed by atoms with Crippen molar-refractivity contribution in [3.05, 3.63) is 10.1 Å². The van der Waals surface area contributed by atoms with Crippen molar-refractivity contribution in [1.29, 1.82) is 0 Å². The third kappa shape index (κ3) is 3.90. The fraction of sp³-hybridized carbons (Fsp3) is 0.857. The molecular weight excluding hydrogens is 162 g/mol. The van der Waals surface area contributed by atoms with E-state index in [-0.39, 0.29) is 18.0 Å². The van der Waals surface area contributed by atoms with Gasteiger partial charge in [0.25, 0.3) is 0 Å². The zero-order valence-corrected chi connectivity index (χ0v) is 7.49. The molecule has 0 saturated heterocycles. The highest BCUT2D eigenvalue weighted by atomic mass is 16.6. The lowest BCUT2D eigenvalue weighted by molar-refractivity contribution is -0.561. The molecule has 0 radical (unpaired) electrons. The standard InChI is InChI=1S/C7H13NO4/c1-6(9)12-5-4-7(2,3)8(10)11/h4-5H2,1-3H3. The fourth-order valence-corrected chi connectivity index (χ4v) is 0.536. The van der Waals surface area contributed by atoms with Crippen LogP contribution in [0, 0.1) is 10.1 Å². The van der Waals surface area contributed by atoms with Crippen LogP contribution in [0.1, 0.15) is 27.2 Å². The molecule has 0 aromatic rings. The van der Waals surface area contributed by atoms with Crippen LogP contribution in [0.15, 0.2) is 0 Å². The summed E-state index contributed by atoms with van der Waals surface area (Å²) in [6.45, 7) is 4.37. The van der Waals surface area contributed by atoms with Crippen LogP contribution in [0.3, 0.4) is 0 Å². The lowest BCUT2D eigenvalue weighted by Gasteiger charge is -2.14. The minimum atomic E-state index is -1.02. The van der Waals surface area contributed by atoms with Crippen LogP contribution >= 0.6 is 0 Å². The van der Waals surface area contributed by atoms with Crippen molar-refractivity contribution in [1.82, 2.24) is 0 Å². The van der Waals surface area contributed by atoms with E-state index in [1.165, 1.54) is 20.8 Å². The highest BCUT2D eigenvalue weighted by Crippen LogP contribution is 2.12. The van der Waals surface area contributed by atoms with Gasteiger partial charge in [0.15, 0.2) is 0 Å². The summed E-state index contributed by atoms with van der Waals surface area (Å²) in [7, 11) is 0. The van der Waals surface area contributed by atoms with E-state index >= 15 is 0 Å². The van der Waals surface area contributed by atoms with Gasteiger partial charge >= 0.3 is 5.97 Å². The molecular formula is C7H13NO4. The second-order valence-electron chi connectivity index (χ2n) is 3.16. The van der Waals surface area contributed by atoms with Gasteiger partial charge in [0.2, 0.25) is 5.54 Å². The van der Waals surface area contributed by atoms with Crippen molar-refractivity contribution in [3.8, 4) is 0 Å². The molecule has 0 aliphatic rings. The van der Waals surface area contributed by atoms with E-state index in [2.05, 4.69) is 4.74 Å². The van der Waals surface area contributed by atoms with Crippen molar-refractivity contribution in [2.45, 2.75) is 32.7 Å². The number of carbonyl (C=O) groups excluding carboxylic acids is 1. The van der Waals surface area contributed by atoms with Gasteiger partial charge in [0.1, 0.15) is 0 Å². The Labute approximate surface area is 70.9 Å².